The van der Waals surface area contributed by atoms with Gasteiger partial charge in [-0.25, -0.2) is 0 Å². The summed E-state index contributed by atoms with van der Waals surface area (Å²) >= 11 is 5.28. The lowest BCUT2D eigenvalue weighted by Crippen LogP contribution is -2.39. The van der Waals surface area contributed by atoms with Crippen LogP contribution in [0.2, 0.25) is 0 Å². The highest BCUT2D eigenvalue weighted by molar-refractivity contribution is 7.80. The molecule has 1 aliphatic carbocycles. The van der Waals surface area contributed by atoms with Gasteiger partial charge in [0.15, 0.2) is 5.11 Å². The Morgan fingerprint density at radius 1 is 1.33 bits per heavy atom. The normalized spacial score (nSPS) is 16.3. The van der Waals surface area contributed by atoms with Gasteiger partial charge in [0.25, 0.3) is 0 Å². The number of nitrogens with zero attached hydrogens (tertiary/aromatic N) is 1. The minimum Gasteiger partial charge on any atom is -0.360 e. The first-order valence-corrected chi connectivity index (χ1v) is 6.80. The number of nitrogens with one attached hydrogen (secondary N) is 2. The Hall–Kier alpha value is -1.36. The van der Waals surface area contributed by atoms with Gasteiger partial charge in [-0.1, -0.05) is 19.3 Å². The molecule has 1 heterocycles. The van der Waals surface area contributed by atoms with Crippen molar-refractivity contribution in [2.24, 2.45) is 7.05 Å². The topological polar surface area (TPSA) is 46.1 Å². The summed E-state index contributed by atoms with van der Waals surface area (Å²) in [5.74, 6) is 0. The molecule has 0 saturated heterocycles. The fourth-order valence-electron chi connectivity index (χ4n) is 2.27. The van der Waals surface area contributed by atoms with E-state index in [9.17, 15) is 4.79 Å². The summed E-state index contributed by atoms with van der Waals surface area (Å²) in [5, 5.41) is 7.09. The van der Waals surface area contributed by atoms with Crippen molar-refractivity contribution in [3.05, 3.63) is 28.7 Å². The molecule has 1 aromatic heterocycles. The van der Waals surface area contributed by atoms with Crippen molar-refractivity contribution in [1.29, 1.82) is 0 Å². The second-order valence-electron chi connectivity index (χ2n) is 4.80. The van der Waals surface area contributed by atoms with Crippen LogP contribution in [0.5, 0.6) is 0 Å². The van der Waals surface area contributed by atoms with Gasteiger partial charge in [0.1, 0.15) is 0 Å². The summed E-state index contributed by atoms with van der Waals surface area (Å²) in [5.41, 5.74) is 0.817. The van der Waals surface area contributed by atoms with Crippen molar-refractivity contribution in [2.45, 2.75) is 38.1 Å². The highest BCUT2D eigenvalue weighted by Gasteiger charge is 2.13. The van der Waals surface area contributed by atoms with E-state index < -0.39 is 0 Å². The largest absolute Gasteiger partial charge is 0.360 e. The first kappa shape index (κ1) is 13.1. The number of anilines is 1. The number of rotatable bonds is 2. The first-order valence-electron chi connectivity index (χ1n) is 6.39. The Balaban J connectivity index is 1.90. The molecule has 0 atom stereocenters. The summed E-state index contributed by atoms with van der Waals surface area (Å²) in [4.78, 5) is 11.3. The van der Waals surface area contributed by atoms with E-state index in [-0.39, 0.29) is 5.56 Å². The van der Waals surface area contributed by atoms with Crippen LogP contribution in [0.15, 0.2) is 23.1 Å². The molecule has 0 spiro atoms. The fraction of sp³-hybridized carbons (Fsp3) is 0.538. The SMILES string of the molecule is Cn1cc(NC(=S)NC2CCCCC2)ccc1=O. The van der Waals surface area contributed by atoms with Crippen LogP contribution in [0.3, 0.4) is 0 Å². The molecule has 1 aliphatic rings. The summed E-state index contributed by atoms with van der Waals surface area (Å²) in [7, 11) is 1.73. The molecule has 18 heavy (non-hydrogen) atoms. The molecular weight excluding hydrogens is 246 g/mol. The van der Waals surface area contributed by atoms with Gasteiger partial charge in [0.05, 0.1) is 5.69 Å². The minimum atomic E-state index is -0.0216. The van der Waals surface area contributed by atoms with Crippen molar-refractivity contribution in [2.75, 3.05) is 5.32 Å². The average Bonchev–Trinajstić information content (AvgIpc) is 2.35. The molecule has 0 radical (unpaired) electrons. The lowest BCUT2D eigenvalue weighted by Gasteiger charge is -2.24. The third-order valence-corrected chi connectivity index (χ3v) is 3.50. The van der Waals surface area contributed by atoms with Crippen molar-refractivity contribution in [3.63, 3.8) is 0 Å². The molecule has 0 aliphatic heterocycles. The van der Waals surface area contributed by atoms with Crippen molar-refractivity contribution in [1.82, 2.24) is 9.88 Å². The van der Waals surface area contributed by atoms with E-state index in [0.717, 1.165) is 5.69 Å². The van der Waals surface area contributed by atoms with Gasteiger partial charge in [-0.05, 0) is 31.1 Å². The molecule has 0 aromatic carbocycles. The third kappa shape index (κ3) is 3.57. The van der Waals surface area contributed by atoms with Crippen LogP contribution in [0.25, 0.3) is 0 Å². The van der Waals surface area contributed by atoms with E-state index in [1.807, 2.05) is 0 Å². The monoisotopic (exact) mass is 265 g/mol. The van der Waals surface area contributed by atoms with Crippen LogP contribution >= 0.6 is 12.2 Å². The Kier molecular flexibility index (Phi) is 4.36. The summed E-state index contributed by atoms with van der Waals surface area (Å²) in [6.07, 6.45) is 8.01. The molecule has 98 valence electrons. The van der Waals surface area contributed by atoms with Crippen LogP contribution in [0.1, 0.15) is 32.1 Å². The van der Waals surface area contributed by atoms with Gasteiger partial charge in [0, 0.05) is 25.4 Å². The van der Waals surface area contributed by atoms with Crippen LogP contribution in [0, 0.1) is 0 Å². The maximum Gasteiger partial charge on any atom is 0.250 e. The van der Waals surface area contributed by atoms with Gasteiger partial charge in [-0.2, -0.15) is 0 Å². The van der Waals surface area contributed by atoms with E-state index in [4.69, 9.17) is 12.2 Å². The lowest BCUT2D eigenvalue weighted by atomic mass is 9.96. The molecular formula is C13H19N3OS. The van der Waals surface area contributed by atoms with Gasteiger partial charge in [0.2, 0.25) is 5.56 Å². The minimum absolute atomic E-state index is 0.0216. The molecule has 5 heteroatoms. The summed E-state index contributed by atoms with van der Waals surface area (Å²) in [6, 6.07) is 3.77. The zero-order valence-corrected chi connectivity index (χ0v) is 11.4. The smallest absolute Gasteiger partial charge is 0.250 e. The summed E-state index contributed by atoms with van der Waals surface area (Å²) < 4.78 is 1.53. The zero-order valence-electron chi connectivity index (χ0n) is 10.6. The number of hydrogen-bond donors (Lipinski definition) is 2. The Morgan fingerprint density at radius 3 is 2.72 bits per heavy atom. The highest BCUT2D eigenvalue weighted by Crippen LogP contribution is 2.17. The quantitative estimate of drug-likeness (QED) is 0.803. The number of aryl methyl sites for hydroxylation is 1. The lowest BCUT2D eigenvalue weighted by molar-refractivity contribution is 0.415. The second kappa shape index (κ2) is 6.00. The molecule has 1 saturated carbocycles. The molecule has 1 fully saturated rings. The van der Waals surface area contributed by atoms with Crippen LogP contribution in [-0.4, -0.2) is 15.7 Å². The average molecular weight is 265 g/mol. The van der Waals surface area contributed by atoms with Crippen LogP contribution in [-0.2, 0) is 7.05 Å². The maximum atomic E-state index is 11.3. The molecule has 1 aromatic rings. The third-order valence-electron chi connectivity index (χ3n) is 3.28. The van der Waals surface area contributed by atoms with Crippen LogP contribution < -0.4 is 16.2 Å². The summed E-state index contributed by atoms with van der Waals surface area (Å²) in [6.45, 7) is 0. The predicted molar refractivity (Wildman–Crippen MR) is 77.9 cm³/mol. The van der Waals surface area contributed by atoms with Crippen LogP contribution in [0.4, 0.5) is 5.69 Å². The molecule has 0 bridgehead atoms. The molecule has 0 amide bonds. The Morgan fingerprint density at radius 2 is 2.06 bits per heavy atom. The van der Waals surface area contributed by atoms with Gasteiger partial charge >= 0.3 is 0 Å². The van der Waals surface area contributed by atoms with E-state index in [2.05, 4.69) is 10.6 Å². The highest BCUT2D eigenvalue weighted by atomic mass is 32.1. The zero-order chi connectivity index (χ0) is 13.0. The predicted octanol–water partition coefficient (Wildman–Crippen LogP) is 2.00. The van der Waals surface area contributed by atoms with Crippen molar-refractivity contribution in [3.8, 4) is 0 Å². The number of thiocarbonyl (C=S) groups is 1. The standard InChI is InChI=1S/C13H19N3OS/c1-16-9-11(7-8-12(16)17)15-13(18)14-10-5-3-2-4-6-10/h7-10H,2-6H2,1H3,(H2,14,15,18). The van der Waals surface area contributed by atoms with Gasteiger partial charge in [-0.15, -0.1) is 0 Å². The Labute approximate surface area is 112 Å². The fourth-order valence-corrected chi connectivity index (χ4v) is 2.55. The molecule has 2 N–H and O–H groups in total. The van der Waals surface area contributed by atoms with E-state index >= 15 is 0 Å². The molecule has 0 unspecified atom stereocenters. The van der Waals surface area contributed by atoms with E-state index in [1.165, 1.54) is 42.7 Å². The molecule has 2 rings (SSSR count). The van der Waals surface area contributed by atoms with Gasteiger partial charge < -0.3 is 15.2 Å². The maximum absolute atomic E-state index is 11.3. The van der Waals surface area contributed by atoms with Crippen molar-refractivity contribution >= 4 is 23.0 Å². The Bertz CT molecular complexity index is 477. The number of aromatic nitrogens is 1. The second-order valence-corrected chi connectivity index (χ2v) is 5.21. The number of hydrogen-bond acceptors (Lipinski definition) is 2. The van der Waals surface area contributed by atoms with E-state index in [1.54, 1.807) is 19.3 Å². The number of pyridine rings is 1. The van der Waals surface area contributed by atoms with E-state index in [0.29, 0.717) is 11.2 Å². The first-order chi connectivity index (χ1) is 8.65. The van der Waals surface area contributed by atoms with Gasteiger partial charge in [-0.3, -0.25) is 4.79 Å². The molecule has 4 nitrogen and oxygen atoms in total. The van der Waals surface area contributed by atoms with Crippen molar-refractivity contribution < 1.29 is 0 Å².